The van der Waals surface area contributed by atoms with Gasteiger partial charge in [0.15, 0.2) is 24.1 Å². The van der Waals surface area contributed by atoms with Gasteiger partial charge in [-0.1, -0.05) is 0 Å². The van der Waals surface area contributed by atoms with E-state index in [1.165, 1.54) is 27.6 Å². The SMILES string of the molecule is NC1=NC(N)c2ccn(C3OC4COP(O)(=S)OC5C(O)C(COP(=O)(O)OC4C3O)OC5n3ccc4c(=O)[nH]c(N)nc43)c2N1. The molecule has 0 saturated carbocycles. The molecule has 0 radical (unpaired) electrons. The van der Waals surface area contributed by atoms with Crippen LogP contribution in [0.1, 0.15) is 24.2 Å². The van der Waals surface area contributed by atoms with Gasteiger partial charge in [0.05, 0.1) is 18.6 Å². The number of aromatic nitrogens is 4. The number of ether oxygens (including phenoxy) is 2. The van der Waals surface area contributed by atoms with Crippen LogP contribution in [0.15, 0.2) is 34.3 Å². The molecule has 0 aromatic carbocycles. The molecule has 250 valence electrons. The molecule has 46 heavy (non-hydrogen) atoms. The number of hydrogen-bond acceptors (Lipinski definition) is 17. The van der Waals surface area contributed by atoms with Crippen molar-refractivity contribution < 1.29 is 52.1 Å². The first-order chi connectivity index (χ1) is 21.7. The molecule has 2 bridgehead atoms. The number of nitrogens with zero attached hydrogens (tertiary/aromatic N) is 4. The standard InChI is InChI=1S/C22H29N9O12P2S/c23-15-7-1-3-30(16(7)27-21(24)26-15)19-12(33)13-10(41-19)6-39-45(37,46)43-14-11(32)9(5-38-44(35,36)42-13)40-20(14)31-4-2-8-17(31)28-22(25)29-18(8)34/h1-4,9-15,19-20,32-33H,5-6,23H2,(H,35,36)(H,37,46)(H3,24,26,27)(H3,25,28,29,34). The van der Waals surface area contributed by atoms with Crippen LogP contribution >= 0.6 is 14.5 Å². The highest BCUT2D eigenvalue weighted by molar-refractivity contribution is 8.07. The number of aromatic amines is 1. The molecule has 3 saturated heterocycles. The zero-order valence-corrected chi connectivity index (χ0v) is 25.9. The Balaban J connectivity index is 1.19. The van der Waals surface area contributed by atoms with Crippen LogP contribution in [0.3, 0.4) is 0 Å². The molecule has 24 heteroatoms. The summed E-state index contributed by atoms with van der Waals surface area (Å²) in [5, 5.41) is 25.4. The Morgan fingerprint density at radius 3 is 2.48 bits per heavy atom. The summed E-state index contributed by atoms with van der Waals surface area (Å²) in [5.74, 6) is 0.159. The van der Waals surface area contributed by atoms with Crippen LogP contribution in [0.25, 0.3) is 11.0 Å². The number of nitrogen functional groups attached to an aromatic ring is 1. The third-order valence-corrected chi connectivity index (χ3v) is 10.4. The first-order valence-electron chi connectivity index (χ1n) is 13.6. The van der Waals surface area contributed by atoms with Crippen molar-refractivity contribution in [3.63, 3.8) is 0 Å². The minimum Gasteiger partial charge on any atom is -0.387 e. The van der Waals surface area contributed by atoms with Crippen molar-refractivity contribution in [3.8, 4) is 0 Å². The zero-order valence-electron chi connectivity index (χ0n) is 23.3. The fourth-order valence-corrected chi connectivity index (χ4v) is 8.18. The molecule has 7 rings (SSSR count). The van der Waals surface area contributed by atoms with Gasteiger partial charge in [0.1, 0.15) is 48.6 Å². The van der Waals surface area contributed by atoms with Crippen LogP contribution in [0.2, 0.25) is 0 Å². The predicted octanol–water partition coefficient (Wildman–Crippen LogP) is -1.84. The summed E-state index contributed by atoms with van der Waals surface area (Å²) in [5.41, 5.74) is 17.6. The van der Waals surface area contributed by atoms with Gasteiger partial charge in [-0.05, 0) is 23.9 Å². The summed E-state index contributed by atoms with van der Waals surface area (Å²) >= 11 is 5.25. The van der Waals surface area contributed by atoms with Gasteiger partial charge >= 0.3 is 14.5 Å². The zero-order chi connectivity index (χ0) is 32.7. The van der Waals surface area contributed by atoms with Crippen molar-refractivity contribution in [2.75, 3.05) is 24.3 Å². The molecular weight excluding hydrogens is 676 g/mol. The fourth-order valence-electron chi connectivity index (χ4n) is 5.80. The Morgan fingerprint density at radius 1 is 0.978 bits per heavy atom. The maximum absolute atomic E-state index is 13.2. The van der Waals surface area contributed by atoms with E-state index in [-0.39, 0.29) is 22.9 Å². The number of nitrogens with two attached hydrogens (primary N) is 3. The molecule has 21 nitrogen and oxygen atoms in total. The van der Waals surface area contributed by atoms with E-state index in [9.17, 15) is 29.4 Å². The quantitative estimate of drug-likeness (QED) is 0.132. The number of fused-ring (bicyclic) bond motifs is 5. The lowest BCUT2D eigenvalue weighted by molar-refractivity contribution is -0.0635. The Kier molecular flexibility index (Phi) is 7.90. The van der Waals surface area contributed by atoms with Crippen LogP contribution < -0.4 is 28.1 Å². The summed E-state index contributed by atoms with van der Waals surface area (Å²) in [7, 11) is -5.00. The number of phosphoric ester groups is 1. The van der Waals surface area contributed by atoms with E-state index in [0.717, 1.165) is 0 Å². The van der Waals surface area contributed by atoms with Gasteiger partial charge in [-0.2, -0.15) is 4.98 Å². The van der Waals surface area contributed by atoms with Crippen molar-refractivity contribution in [3.05, 3.63) is 40.4 Å². The number of anilines is 2. The van der Waals surface area contributed by atoms with Crippen molar-refractivity contribution in [2.24, 2.45) is 16.5 Å². The largest absolute Gasteiger partial charge is 0.472 e. The first kappa shape index (κ1) is 31.8. The summed E-state index contributed by atoms with van der Waals surface area (Å²) < 4.78 is 49.7. The van der Waals surface area contributed by atoms with Crippen LogP contribution in [-0.2, 0) is 43.9 Å². The summed E-state index contributed by atoms with van der Waals surface area (Å²) in [4.78, 5) is 44.7. The van der Waals surface area contributed by atoms with E-state index in [1.807, 2.05) is 0 Å². The molecular formula is C22H29N9O12P2S. The summed E-state index contributed by atoms with van der Waals surface area (Å²) in [6.07, 6.45) is -9.31. The predicted molar refractivity (Wildman–Crippen MR) is 159 cm³/mol. The van der Waals surface area contributed by atoms with Crippen LogP contribution in [-0.4, -0.2) is 94.9 Å². The van der Waals surface area contributed by atoms with Gasteiger partial charge in [-0.15, -0.1) is 0 Å². The lowest BCUT2D eigenvalue weighted by Gasteiger charge is -2.27. The van der Waals surface area contributed by atoms with E-state index in [1.54, 1.807) is 6.07 Å². The Morgan fingerprint density at radius 2 is 1.70 bits per heavy atom. The smallest absolute Gasteiger partial charge is 0.387 e. The molecule has 0 aliphatic carbocycles. The topological polar surface area (TPSA) is 311 Å². The molecule has 12 N–H and O–H groups in total. The van der Waals surface area contributed by atoms with E-state index in [4.69, 9.17) is 56.6 Å². The van der Waals surface area contributed by atoms with Crippen molar-refractivity contribution in [2.45, 2.75) is 55.2 Å². The van der Waals surface area contributed by atoms with Crippen molar-refractivity contribution in [1.29, 1.82) is 0 Å². The average molecular weight is 706 g/mol. The molecule has 7 heterocycles. The molecule has 3 aromatic rings. The highest BCUT2D eigenvalue weighted by atomic mass is 32.5. The highest BCUT2D eigenvalue weighted by Gasteiger charge is 2.53. The average Bonchev–Trinajstić information content (AvgIpc) is 3.72. The van der Waals surface area contributed by atoms with E-state index >= 15 is 0 Å². The number of rotatable bonds is 2. The molecule has 0 spiro atoms. The van der Waals surface area contributed by atoms with Crippen LogP contribution in [0.5, 0.6) is 0 Å². The third-order valence-electron chi connectivity index (χ3n) is 7.87. The lowest BCUT2D eigenvalue weighted by Crippen LogP contribution is -2.37. The first-order valence-corrected chi connectivity index (χ1v) is 17.7. The lowest BCUT2D eigenvalue weighted by atomic mass is 10.1. The normalized spacial score (nSPS) is 39.8. The van der Waals surface area contributed by atoms with Crippen LogP contribution in [0.4, 0.5) is 11.8 Å². The summed E-state index contributed by atoms with van der Waals surface area (Å²) in [6, 6.07) is 3.04. The van der Waals surface area contributed by atoms with Gasteiger partial charge in [0, 0.05) is 18.0 Å². The minimum atomic E-state index is -5.00. The molecule has 11 atom stereocenters. The number of aliphatic hydroxyl groups is 2. The fraction of sp³-hybridized carbons (Fsp3) is 0.500. The Hall–Kier alpha value is -2.79. The number of nitrogens with one attached hydrogen (secondary N) is 2. The van der Waals surface area contributed by atoms with E-state index < -0.39 is 88.6 Å². The van der Waals surface area contributed by atoms with Gasteiger partial charge in [-0.25, -0.2) is 9.56 Å². The monoisotopic (exact) mass is 705 g/mol. The van der Waals surface area contributed by atoms with E-state index in [0.29, 0.717) is 11.4 Å². The van der Waals surface area contributed by atoms with Crippen LogP contribution in [0, 0.1) is 0 Å². The molecule has 4 aliphatic heterocycles. The second kappa shape index (κ2) is 11.4. The number of hydrogen-bond donors (Lipinski definition) is 9. The van der Waals surface area contributed by atoms with Crippen molar-refractivity contribution in [1.82, 2.24) is 19.1 Å². The number of aliphatic hydroxyl groups excluding tert-OH is 2. The van der Waals surface area contributed by atoms with Gasteiger partial charge in [-0.3, -0.25) is 23.3 Å². The second-order valence-corrected chi connectivity index (χ2v) is 15.0. The number of H-pyrrole nitrogens is 1. The highest BCUT2D eigenvalue weighted by Crippen LogP contribution is 2.54. The molecule has 0 amide bonds. The van der Waals surface area contributed by atoms with Crippen molar-refractivity contribution >= 4 is 55.1 Å². The second-order valence-electron chi connectivity index (χ2n) is 10.8. The van der Waals surface area contributed by atoms with Gasteiger partial charge < -0.3 is 65.6 Å². The Labute approximate surface area is 262 Å². The van der Waals surface area contributed by atoms with E-state index in [2.05, 4.69) is 20.3 Å². The number of aliphatic imine (C=N–C) groups is 1. The summed E-state index contributed by atoms with van der Waals surface area (Å²) in [6.45, 7) is -5.59. The Bertz CT molecular complexity index is 1870. The maximum Gasteiger partial charge on any atom is 0.472 e. The molecule has 4 aliphatic rings. The number of phosphoric acid groups is 1. The minimum absolute atomic E-state index is 0.0113. The maximum atomic E-state index is 13.2. The molecule has 3 fully saturated rings. The number of guanidine groups is 1. The van der Waals surface area contributed by atoms with Gasteiger partial charge in [0.25, 0.3) is 5.56 Å². The molecule has 11 unspecified atom stereocenters. The molecule has 3 aromatic heterocycles. The third kappa shape index (κ3) is 5.59. The van der Waals surface area contributed by atoms with Gasteiger partial charge in [0.2, 0.25) is 5.95 Å².